The van der Waals surface area contributed by atoms with E-state index >= 15 is 0 Å². The third-order valence-corrected chi connectivity index (χ3v) is 5.66. The summed E-state index contributed by atoms with van der Waals surface area (Å²) in [4.78, 5) is 12.2. The zero-order valence-electron chi connectivity index (χ0n) is 15.1. The molecule has 0 radical (unpaired) electrons. The summed E-state index contributed by atoms with van der Waals surface area (Å²) < 4.78 is 66.1. The van der Waals surface area contributed by atoms with E-state index in [4.69, 9.17) is 14.0 Å². The number of carbonyl (C=O) groups excluding carboxylic acids is 1. The third-order valence-electron chi connectivity index (χ3n) is 4.70. The number of carbonyl (C=O) groups is 1. The third kappa shape index (κ3) is 6.92. The van der Waals surface area contributed by atoms with E-state index in [-0.39, 0.29) is 12.2 Å². The Balaban J connectivity index is 2.47. The molecule has 1 rings (SSSR count). The van der Waals surface area contributed by atoms with Gasteiger partial charge < -0.3 is 9.47 Å². The first-order chi connectivity index (χ1) is 12.0. The van der Waals surface area contributed by atoms with Gasteiger partial charge in [0.2, 0.25) is 0 Å². The van der Waals surface area contributed by atoms with Crippen LogP contribution >= 0.6 is 0 Å². The number of hydrogen-bond donors (Lipinski definition) is 1. The minimum atomic E-state index is -5.48. The second-order valence-corrected chi connectivity index (χ2v) is 8.26. The molecule has 0 aliphatic heterocycles. The van der Waals surface area contributed by atoms with Crippen LogP contribution in [0.1, 0.15) is 64.7 Å². The van der Waals surface area contributed by atoms with Crippen molar-refractivity contribution in [2.24, 2.45) is 0 Å². The second kappa shape index (κ2) is 9.75. The molecule has 0 aromatic carbocycles. The number of hydrogen-bond acceptors (Lipinski definition) is 5. The fraction of sp³-hybridized carbons (Fsp3) is 0.824. The molecule has 0 saturated heterocycles. The zero-order chi connectivity index (χ0) is 19.8. The molecule has 0 heterocycles. The minimum Gasteiger partial charge on any atom is -0.456 e. The predicted octanol–water partition coefficient (Wildman–Crippen LogP) is 3.87. The first-order valence-electron chi connectivity index (χ1n) is 8.87. The lowest BCUT2D eigenvalue weighted by Gasteiger charge is -2.34. The van der Waals surface area contributed by atoms with Crippen LogP contribution in [0, 0.1) is 0 Å². The van der Waals surface area contributed by atoms with Crippen molar-refractivity contribution in [1.82, 2.24) is 0 Å². The van der Waals surface area contributed by atoms with Gasteiger partial charge in [-0.3, -0.25) is 4.55 Å². The molecule has 0 amide bonds. The molecule has 1 fully saturated rings. The summed E-state index contributed by atoms with van der Waals surface area (Å²) in [5, 5.41) is -4.29. The molecule has 26 heavy (non-hydrogen) atoms. The van der Waals surface area contributed by atoms with E-state index in [1.165, 1.54) is 6.42 Å². The van der Waals surface area contributed by atoms with Crippen LogP contribution in [0.4, 0.5) is 8.78 Å². The summed E-state index contributed by atoms with van der Waals surface area (Å²) in [6, 6.07) is 0. The second-order valence-electron chi connectivity index (χ2n) is 6.71. The predicted molar refractivity (Wildman–Crippen MR) is 92.5 cm³/mol. The fourth-order valence-electron chi connectivity index (χ4n) is 2.92. The van der Waals surface area contributed by atoms with Gasteiger partial charge in [-0.05, 0) is 32.1 Å². The van der Waals surface area contributed by atoms with Crippen molar-refractivity contribution in [3.8, 4) is 0 Å². The summed E-state index contributed by atoms with van der Waals surface area (Å²) in [5.41, 5.74) is -0.548. The van der Waals surface area contributed by atoms with E-state index in [1.807, 2.05) is 6.92 Å². The van der Waals surface area contributed by atoms with Crippen LogP contribution in [0.2, 0.25) is 0 Å². The van der Waals surface area contributed by atoms with Crippen molar-refractivity contribution in [2.45, 2.75) is 75.6 Å². The summed E-state index contributed by atoms with van der Waals surface area (Å²) in [6.45, 7) is 4.52. The highest BCUT2D eigenvalue weighted by Gasteiger charge is 2.43. The normalized spacial score (nSPS) is 18.6. The first-order valence-corrected chi connectivity index (χ1v) is 10.3. The summed E-state index contributed by atoms with van der Waals surface area (Å²) in [5.74, 6) is -0.631. The van der Waals surface area contributed by atoms with Gasteiger partial charge in [0.05, 0.1) is 25.2 Å². The molecule has 0 bridgehead atoms. The Morgan fingerprint density at radius 2 is 1.73 bits per heavy atom. The Hall–Kier alpha value is -1.06. The largest absolute Gasteiger partial charge is 0.456 e. The molecule has 0 aromatic rings. The van der Waals surface area contributed by atoms with Crippen LogP contribution < -0.4 is 0 Å². The Morgan fingerprint density at radius 1 is 1.19 bits per heavy atom. The van der Waals surface area contributed by atoms with Gasteiger partial charge in [0.15, 0.2) is 0 Å². The van der Waals surface area contributed by atoms with Crippen LogP contribution in [0.25, 0.3) is 0 Å². The molecule has 1 aliphatic carbocycles. The number of ether oxygens (including phenoxy) is 2. The van der Waals surface area contributed by atoms with E-state index < -0.39 is 40.0 Å². The molecule has 9 heteroatoms. The lowest BCUT2D eigenvalue weighted by molar-refractivity contribution is -0.158. The van der Waals surface area contributed by atoms with Crippen molar-refractivity contribution in [1.29, 1.82) is 0 Å². The monoisotopic (exact) mass is 398 g/mol. The summed E-state index contributed by atoms with van der Waals surface area (Å²) in [7, 11) is -5.48. The molecule has 6 nitrogen and oxygen atoms in total. The van der Waals surface area contributed by atoms with Gasteiger partial charge in [-0.25, -0.2) is 4.79 Å². The SMILES string of the molecule is C=C(COCCC(F)(F)S(=O)(=O)O)C(=O)OC1(CC)CCCCCCC1. The van der Waals surface area contributed by atoms with Gasteiger partial charge in [-0.2, -0.15) is 17.2 Å². The standard InChI is InChI=1S/C17H28F2O6S/c1-3-16(9-7-5-4-6-8-10-16)25-15(20)14(2)13-24-12-11-17(18,19)26(21,22)23/h2-13H2,1H3,(H,21,22,23). The Labute approximate surface area is 153 Å². The Kier molecular flexibility index (Phi) is 8.62. The van der Waals surface area contributed by atoms with Crippen molar-refractivity contribution in [3.63, 3.8) is 0 Å². The van der Waals surface area contributed by atoms with E-state index in [2.05, 4.69) is 6.58 Å². The number of halogens is 2. The van der Waals surface area contributed by atoms with Gasteiger partial charge in [0.25, 0.3) is 0 Å². The molecule has 0 atom stereocenters. The minimum absolute atomic E-state index is 0.0185. The molecule has 0 spiro atoms. The first kappa shape index (κ1) is 23.0. The van der Waals surface area contributed by atoms with Gasteiger partial charge >= 0.3 is 21.3 Å². The summed E-state index contributed by atoms with van der Waals surface area (Å²) in [6.07, 6.45) is 6.39. The average molecular weight is 398 g/mol. The topological polar surface area (TPSA) is 89.9 Å². The number of esters is 1. The lowest BCUT2D eigenvalue weighted by atomic mass is 9.85. The van der Waals surface area contributed by atoms with E-state index in [0.717, 1.165) is 38.5 Å². The van der Waals surface area contributed by atoms with Crippen LogP contribution in [0.15, 0.2) is 12.2 Å². The van der Waals surface area contributed by atoms with Crippen molar-refractivity contribution >= 4 is 16.1 Å². The maximum absolute atomic E-state index is 13.1. The van der Waals surface area contributed by atoms with Gasteiger partial charge in [0, 0.05) is 0 Å². The van der Waals surface area contributed by atoms with Crippen molar-refractivity contribution in [2.75, 3.05) is 13.2 Å². The number of alkyl halides is 2. The molecule has 1 N–H and O–H groups in total. The molecular formula is C17H28F2O6S. The van der Waals surface area contributed by atoms with Crippen molar-refractivity contribution < 1.29 is 36.0 Å². The molecule has 0 unspecified atom stereocenters. The Bertz CT molecular complexity index is 580. The van der Waals surface area contributed by atoms with E-state index in [1.54, 1.807) is 0 Å². The van der Waals surface area contributed by atoms with Crippen LogP contribution in [0.3, 0.4) is 0 Å². The Morgan fingerprint density at radius 3 is 2.23 bits per heavy atom. The smallest absolute Gasteiger partial charge is 0.372 e. The summed E-state index contributed by atoms with van der Waals surface area (Å²) >= 11 is 0. The fourth-order valence-corrected chi connectivity index (χ4v) is 3.26. The van der Waals surface area contributed by atoms with Crippen LogP contribution in [-0.2, 0) is 24.4 Å². The van der Waals surface area contributed by atoms with Gasteiger partial charge in [0.1, 0.15) is 5.60 Å². The van der Waals surface area contributed by atoms with Crippen LogP contribution in [-0.4, -0.2) is 43.0 Å². The molecular weight excluding hydrogens is 370 g/mol. The highest BCUT2D eigenvalue weighted by molar-refractivity contribution is 7.86. The van der Waals surface area contributed by atoms with E-state index in [0.29, 0.717) is 6.42 Å². The number of rotatable bonds is 9. The quantitative estimate of drug-likeness (QED) is 0.274. The average Bonchev–Trinajstić information content (AvgIpc) is 2.53. The van der Waals surface area contributed by atoms with E-state index in [9.17, 15) is 22.0 Å². The molecule has 152 valence electrons. The highest BCUT2D eigenvalue weighted by atomic mass is 32.2. The van der Waals surface area contributed by atoms with Crippen molar-refractivity contribution in [3.05, 3.63) is 12.2 Å². The maximum Gasteiger partial charge on any atom is 0.372 e. The maximum atomic E-state index is 13.1. The van der Waals surface area contributed by atoms with Gasteiger partial charge in [-0.1, -0.05) is 32.8 Å². The molecule has 1 saturated carbocycles. The van der Waals surface area contributed by atoms with Crippen LogP contribution in [0.5, 0.6) is 0 Å². The molecule has 0 aromatic heterocycles. The zero-order valence-corrected chi connectivity index (χ0v) is 16.0. The highest BCUT2D eigenvalue weighted by Crippen LogP contribution is 2.33. The lowest BCUT2D eigenvalue weighted by Crippen LogP contribution is -2.36. The van der Waals surface area contributed by atoms with Gasteiger partial charge in [-0.15, -0.1) is 0 Å². The molecule has 1 aliphatic rings.